The number of alkyl halides is 3. The van der Waals surface area contributed by atoms with Gasteiger partial charge in [0.15, 0.2) is 0 Å². The van der Waals surface area contributed by atoms with Crippen LogP contribution >= 0.6 is 0 Å². The summed E-state index contributed by atoms with van der Waals surface area (Å²) in [5.74, 6) is -2.68. The summed E-state index contributed by atoms with van der Waals surface area (Å²) >= 11 is 0. The highest BCUT2D eigenvalue weighted by Gasteiger charge is 2.43. The van der Waals surface area contributed by atoms with Gasteiger partial charge in [0.1, 0.15) is 5.82 Å². The molecular formula is C19H16F3N7O4. The number of fused-ring (bicyclic) bond motifs is 2. The summed E-state index contributed by atoms with van der Waals surface area (Å²) in [4.78, 5) is 50.9. The fourth-order valence-electron chi connectivity index (χ4n) is 4.15. The van der Waals surface area contributed by atoms with E-state index in [1.165, 1.54) is 12.1 Å². The molecule has 1 fully saturated rings. The number of amides is 5. The number of hydrazine groups is 1. The molecule has 0 bridgehead atoms. The van der Waals surface area contributed by atoms with Gasteiger partial charge in [-0.1, -0.05) is 6.07 Å². The predicted molar refractivity (Wildman–Crippen MR) is 101 cm³/mol. The number of rotatable bonds is 3. The summed E-state index contributed by atoms with van der Waals surface area (Å²) in [6.07, 6.45) is -4.62. The second-order valence-electron chi connectivity index (χ2n) is 7.83. The van der Waals surface area contributed by atoms with Crippen molar-refractivity contribution >= 4 is 23.8 Å². The van der Waals surface area contributed by atoms with Gasteiger partial charge in [-0.05, 0) is 17.7 Å². The zero-order valence-electron chi connectivity index (χ0n) is 16.9. The molecule has 1 N–H and O–H groups in total. The molecule has 4 heterocycles. The zero-order chi connectivity index (χ0) is 23.5. The van der Waals surface area contributed by atoms with E-state index >= 15 is 0 Å². The molecule has 3 aliphatic rings. The van der Waals surface area contributed by atoms with Gasteiger partial charge in [0, 0.05) is 26.1 Å². The molecule has 11 nitrogen and oxygen atoms in total. The summed E-state index contributed by atoms with van der Waals surface area (Å²) in [7, 11) is 0. The number of aromatic nitrogens is 3. The average molecular weight is 463 g/mol. The summed E-state index contributed by atoms with van der Waals surface area (Å²) in [5.41, 5.74) is 0.905. The van der Waals surface area contributed by atoms with Gasteiger partial charge in [-0.3, -0.25) is 24.6 Å². The van der Waals surface area contributed by atoms with E-state index in [2.05, 4.69) is 15.5 Å². The fraction of sp³-hybridized carbons (Fsp3) is 0.368. The quantitative estimate of drug-likeness (QED) is 0.668. The first-order valence-corrected chi connectivity index (χ1v) is 9.98. The van der Waals surface area contributed by atoms with Crippen LogP contribution in [0.25, 0.3) is 0 Å². The van der Waals surface area contributed by atoms with Gasteiger partial charge >= 0.3 is 12.2 Å². The molecular weight excluding hydrogens is 447 g/mol. The van der Waals surface area contributed by atoms with Crippen LogP contribution in [0.1, 0.15) is 44.3 Å². The number of nitrogens with one attached hydrogen (secondary N) is 1. The van der Waals surface area contributed by atoms with E-state index in [4.69, 9.17) is 0 Å². The minimum absolute atomic E-state index is 0.0416. The topological polar surface area (TPSA) is 121 Å². The van der Waals surface area contributed by atoms with Crippen molar-refractivity contribution in [2.45, 2.75) is 32.2 Å². The Morgan fingerprint density at radius 3 is 2.45 bits per heavy atom. The largest absolute Gasteiger partial charge is 0.451 e. The molecule has 0 aliphatic carbocycles. The van der Waals surface area contributed by atoms with E-state index in [1.807, 2.05) is 4.90 Å². The molecule has 33 heavy (non-hydrogen) atoms. The molecule has 14 heteroatoms. The Hall–Kier alpha value is -3.81. The predicted octanol–water partition coefficient (Wildman–Crippen LogP) is 0.766. The first kappa shape index (κ1) is 21.1. The lowest BCUT2D eigenvalue weighted by atomic mass is 10.1. The van der Waals surface area contributed by atoms with Crippen LogP contribution in [-0.2, 0) is 30.6 Å². The molecule has 0 saturated carbocycles. The summed E-state index contributed by atoms with van der Waals surface area (Å²) < 4.78 is 40.1. The monoisotopic (exact) mass is 463 g/mol. The van der Waals surface area contributed by atoms with Crippen molar-refractivity contribution in [1.82, 2.24) is 35.0 Å². The van der Waals surface area contributed by atoms with Gasteiger partial charge in [0.05, 0.1) is 24.2 Å². The standard InChI is InChI=1S/C19H16F3N7O4/c20-19(21,22)17-25-24-13-9-26(5-6-27(13)17)8-10-1-2-11-12(7-10)16(32)29(15(11)31)28-4-3-14(30)23-18(28)33/h1-2,7H,3-6,8-9H2,(H,23,30,33). The van der Waals surface area contributed by atoms with Crippen LogP contribution in [0.5, 0.6) is 0 Å². The minimum Gasteiger partial charge on any atom is -0.305 e. The molecule has 1 aromatic heterocycles. The smallest absolute Gasteiger partial charge is 0.305 e. The van der Waals surface area contributed by atoms with E-state index < -0.39 is 35.8 Å². The Morgan fingerprint density at radius 1 is 0.970 bits per heavy atom. The van der Waals surface area contributed by atoms with Crippen molar-refractivity contribution in [3.63, 3.8) is 0 Å². The van der Waals surface area contributed by atoms with E-state index in [0.717, 1.165) is 14.6 Å². The van der Waals surface area contributed by atoms with Crippen molar-refractivity contribution in [2.24, 2.45) is 0 Å². The van der Waals surface area contributed by atoms with Gasteiger partial charge in [-0.15, -0.1) is 10.2 Å². The highest BCUT2D eigenvalue weighted by Crippen LogP contribution is 2.30. The van der Waals surface area contributed by atoms with Gasteiger partial charge in [-0.2, -0.15) is 18.2 Å². The number of carbonyl (C=O) groups is 4. The molecule has 0 atom stereocenters. The Labute approximate surface area is 183 Å². The van der Waals surface area contributed by atoms with E-state index in [1.54, 1.807) is 6.07 Å². The Morgan fingerprint density at radius 2 is 1.73 bits per heavy atom. The third-order valence-electron chi connectivity index (χ3n) is 5.69. The number of urea groups is 1. The van der Waals surface area contributed by atoms with Gasteiger partial charge in [-0.25, -0.2) is 9.80 Å². The highest BCUT2D eigenvalue weighted by molar-refractivity contribution is 6.22. The van der Waals surface area contributed by atoms with E-state index in [9.17, 15) is 32.3 Å². The van der Waals surface area contributed by atoms with Gasteiger partial charge < -0.3 is 4.57 Å². The fourth-order valence-corrected chi connectivity index (χ4v) is 4.15. The molecule has 1 aromatic carbocycles. The second kappa shape index (κ2) is 7.37. The van der Waals surface area contributed by atoms with Crippen molar-refractivity contribution in [3.05, 3.63) is 46.5 Å². The number of halogens is 3. The molecule has 1 saturated heterocycles. The Balaban J connectivity index is 1.33. The highest BCUT2D eigenvalue weighted by atomic mass is 19.4. The first-order valence-electron chi connectivity index (χ1n) is 9.98. The molecule has 3 aliphatic heterocycles. The van der Waals surface area contributed by atoms with Crippen molar-refractivity contribution in [3.8, 4) is 0 Å². The number of imide groups is 2. The summed E-state index contributed by atoms with van der Waals surface area (Å²) in [6.45, 7) is 0.725. The lowest BCUT2D eigenvalue weighted by Gasteiger charge is -2.32. The lowest BCUT2D eigenvalue weighted by molar-refractivity contribution is -0.148. The average Bonchev–Trinajstić information content (AvgIpc) is 3.28. The number of hydrogen-bond acceptors (Lipinski definition) is 7. The van der Waals surface area contributed by atoms with Crippen LogP contribution in [0.3, 0.4) is 0 Å². The van der Waals surface area contributed by atoms with Gasteiger partial charge in [0.2, 0.25) is 11.7 Å². The third-order valence-corrected chi connectivity index (χ3v) is 5.69. The van der Waals surface area contributed by atoms with Crippen molar-refractivity contribution in [1.29, 1.82) is 0 Å². The molecule has 172 valence electrons. The maximum absolute atomic E-state index is 13.0. The van der Waals surface area contributed by atoms with Crippen LogP contribution in [0.4, 0.5) is 18.0 Å². The minimum atomic E-state index is -4.58. The molecule has 5 amide bonds. The van der Waals surface area contributed by atoms with Crippen LogP contribution in [0.15, 0.2) is 18.2 Å². The molecule has 2 aromatic rings. The van der Waals surface area contributed by atoms with E-state index in [-0.39, 0.29) is 43.0 Å². The number of benzene rings is 1. The SMILES string of the molecule is O=C1CCN(N2C(=O)c3ccc(CN4CCn5c(nnc5C(F)(F)F)C4)cc3C2=O)C(=O)N1. The molecule has 0 unspecified atom stereocenters. The number of hydrogen-bond donors (Lipinski definition) is 1. The Kier molecular flexibility index (Phi) is 4.70. The van der Waals surface area contributed by atoms with Crippen molar-refractivity contribution < 1.29 is 32.3 Å². The maximum Gasteiger partial charge on any atom is 0.451 e. The van der Waals surface area contributed by atoms with Crippen molar-refractivity contribution in [2.75, 3.05) is 13.1 Å². The molecule has 0 spiro atoms. The normalized spacial score (nSPS) is 19.1. The van der Waals surface area contributed by atoms with Crippen LogP contribution in [0.2, 0.25) is 0 Å². The maximum atomic E-state index is 13.0. The Bertz CT molecular complexity index is 1210. The van der Waals surface area contributed by atoms with Crippen LogP contribution in [0, 0.1) is 0 Å². The second-order valence-corrected chi connectivity index (χ2v) is 7.83. The first-order chi connectivity index (χ1) is 15.6. The van der Waals surface area contributed by atoms with Crippen LogP contribution < -0.4 is 5.32 Å². The summed E-state index contributed by atoms with van der Waals surface area (Å²) in [6, 6.07) is 3.81. The zero-order valence-corrected chi connectivity index (χ0v) is 16.9. The molecule has 5 rings (SSSR count). The third kappa shape index (κ3) is 3.51. The van der Waals surface area contributed by atoms with Crippen LogP contribution in [-0.4, -0.2) is 66.5 Å². The van der Waals surface area contributed by atoms with E-state index in [0.29, 0.717) is 18.7 Å². The summed E-state index contributed by atoms with van der Waals surface area (Å²) in [5, 5.41) is 10.6. The molecule has 0 radical (unpaired) electrons. The lowest BCUT2D eigenvalue weighted by Crippen LogP contribution is -2.58. The number of nitrogens with zero attached hydrogens (tertiary/aromatic N) is 6. The number of carbonyl (C=O) groups excluding carboxylic acids is 4. The van der Waals surface area contributed by atoms with Gasteiger partial charge in [0.25, 0.3) is 11.8 Å².